The second kappa shape index (κ2) is 10.1. The van der Waals surface area contributed by atoms with Crippen LogP contribution in [0.5, 0.6) is 0 Å². The summed E-state index contributed by atoms with van der Waals surface area (Å²) in [7, 11) is 0. The molecule has 0 bridgehead atoms. The van der Waals surface area contributed by atoms with Crippen LogP contribution >= 0.6 is 23.4 Å². The molecule has 5 heterocycles. The molecule has 4 aromatic rings. The van der Waals surface area contributed by atoms with Crippen molar-refractivity contribution in [3.63, 3.8) is 0 Å². The van der Waals surface area contributed by atoms with E-state index in [-0.39, 0.29) is 11.5 Å². The van der Waals surface area contributed by atoms with E-state index in [1.54, 1.807) is 12.4 Å². The van der Waals surface area contributed by atoms with Gasteiger partial charge in [0.1, 0.15) is 11.4 Å². The Balaban J connectivity index is 1.24. The molecule has 1 saturated heterocycles. The lowest BCUT2D eigenvalue weighted by Crippen LogP contribution is -2.48. The summed E-state index contributed by atoms with van der Waals surface area (Å²) in [6.07, 6.45) is 11.1. The van der Waals surface area contributed by atoms with E-state index in [4.69, 9.17) is 27.1 Å². The zero-order valence-corrected chi connectivity index (χ0v) is 24.2. The highest BCUT2D eigenvalue weighted by atomic mass is 35.5. The molecule has 1 aliphatic carbocycles. The molecule has 10 nitrogen and oxygen atoms in total. The van der Waals surface area contributed by atoms with Crippen molar-refractivity contribution in [2.75, 3.05) is 23.7 Å². The normalized spacial score (nSPS) is 18.2. The Kier molecular flexibility index (Phi) is 6.74. The number of carbonyl (C=O) groups is 1. The van der Waals surface area contributed by atoms with Gasteiger partial charge < -0.3 is 20.7 Å². The molecule has 0 saturated carbocycles. The molecule has 6 rings (SSSR count). The first-order valence-corrected chi connectivity index (χ1v) is 14.4. The molecule has 3 N–H and O–H groups in total. The molecule has 1 aliphatic heterocycles. The quantitative estimate of drug-likeness (QED) is 0.331. The predicted molar refractivity (Wildman–Crippen MR) is 155 cm³/mol. The minimum absolute atomic E-state index is 0.147. The van der Waals surface area contributed by atoms with E-state index in [0.29, 0.717) is 10.8 Å². The molecule has 0 aromatic carbocycles. The Morgan fingerprint density at radius 1 is 1.12 bits per heavy atom. The van der Waals surface area contributed by atoms with E-state index in [1.165, 1.54) is 11.8 Å². The number of ether oxygens (including phenoxy) is 1. The number of nitrogens with two attached hydrogens (primary N) is 1. The molecule has 0 radical (unpaired) electrons. The fourth-order valence-electron chi connectivity index (χ4n) is 5.73. The van der Waals surface area contributed by atoms with Gasteiger partial charge in [-0.05, 0) is 57.7 Å². The maximum atomic E-state index is 12.9. The first kappa shape index (κ1) is 26.6. The minimum Gasteiger partial charge on any atom is -0.444 e. The molecule has 0 unspecified atom stereocenters. The first-order valence-electron chi connectivity index (χ1n) is 13.2. The molecule has 12 heteroatoms. The van der Waals surface area contributed by atoms with Gasteiger partial charge in [-0.25, -0.2) is 19.7 Å². The van der Waals surface area contributed by atoms with Gasteiger partial charge in [-0.1, -0.05) is 29.4 Å². The summed E-state index contributed by atoms with van der Waals surface area (Å²) in [6.45, 7) is 7.18. The number of nitrogen functional groups attached to an aromatic ring is 1. The van der Waals surface area contributed by atoms with Crippen LogP contribution in [0.3, 0.4) is 0 Å². The Labute approximate surface area is 241 Å². The summed E-state index contributed by atoms with van der Waals surface area (Å²) in [5, 5.41) is 3.61. The lowest BCUT2D eigenvalue weighted by Gasteiger charge is -2.43. The summed E-state index contributed by atoms with van der Waals surface area (Å²) in [5.41, 5.74) is 8.10. The predicted octanol–water partition coefficient (Wildman–Crippen LogP) is 5.31. The molecular weight excluding hydrogens is 548 g/mol. The Morgan fingerprint density at radius 3 is 2.70 bits per heavy atom. The minimum atomic E-state index is -0.571. The molecule has 4 aromatic heterocycles. The Morgan fingerprint density at radius 2 is 1.93 bits per heavy atom. The number of halogens is 1. The molecule has 1 atom stereocenters. The van der Waals surface area contributed by atoms with Crippen molar-refractivity contribution < 1.29 is 9.53 Å². The Hall–Kier alpha value is -3.57. The number of imidazole rings is 1. The highest BCUT2D eigenvalue weighted by Gasteiger charge is 2.49. The molecular formula is C28H31ClN8O2S. The second-order valence-electron chi connectivity index (χ2n) is 11.3. The first-order chi connectivity index (χ1) is 19.1. The van der Waals surface area contributed by atoms with Crippen LogP contribution in [-0.2, 0) is 11.2 Å². The van der Waals surface area contributed by atoms with Gasteiger partial charge in [0.2, 0.25) is 5.95 Å². The van der Waals surface area contributed by atoms with Crippen LogP contribution in [-0.4, -0.2) is 49.1 Å². The van der Waals surface area contributed by atoms with Gasteiger partial charge in [-0.15, -0.1) is 0 Å². The third-order valence-corrected chi connectivity index (χ3v) is 9.12. The Bertz CT molecular complexity index is 1580. The maximum Gasteiger partial charge on any atom is 0.408 e. The van der Waals surface area contributed by atoms with Crippen LogP contribution in [0.25, 0.3) is 5.65 Å². The number of aromatic nitrogens is 5. The number of piperidine rings is 1. The number of hydrogen-bond acceptors (Lipinski definition) is 9. The molecule has 1 amide bonds. The van der Waals surface area contributed by atoms with Gasteiger partial charge in [-0.3, -0.25) is 9.38 Å². The lowest BCUT2D eigenvalue weighted by molar-refractivity contribution is 0.0427. The maximum absolute atomic E-state index is 12.9. The van der Waals surface area contributed by atoms with Gasteiger partial charge in [0.05, 0.1) is 16.0 Å². The van der Waals surface area contributed by atoms with Crippen molar-refractivity contribution in [3.8, 4) is 0 Å². The summed E-state index contributed by atoms with van der Waals surface area (Å²) < 4.78 is 7.64. The van der Waals surface area contributed by atoms with E-state index in [1.807, 2.05) is 55.9 Å². The number of fused-ring (bicyclic) bond motifs is 2. The second-order valence-corrected chi connectivity index (χ2v) is 12.8. The molecule has 2 aliphatic rings. The van der Waals surface area contributed by atoms with Crippen molar-refractivity contribution in [1.82, 2.24) is 29.7 Å². The van der Waals surface area contributed by atoms with Gasteiger partial charge in [0.25, 0.3) is 0 Å². The van der Waals surface area contributed by atoms with Crippen molar-refractivity contribution in [2.45, 2.75) is 61.5 Å². The monoisotopic (exact) mass is 578 g/mol. The van der Waals surface area contributed by atoms with Gasteiger partial charge >= 0.3 is 6.09 Å². The van der Waals surface area contributed by atoms with Crippen LogP contribution in [0.4, 0.5) is 16.6 Å². The van der Waals surface area contributed by atoms with Crippen LogP contribution in [0.1, 0.15) is 50.9 Å². The van der Waals surface area contributed by atoms with Crippen LogP contribution < -0.4 is 16.0 Å². The van der Waals surface area contributed by atoms with E-state index in [0.717, 1.165) is 65.0 Å². The number of rotatable bonds is 4. The van der Waals surface area contributed by atoms with Crippen LogP contribution in [0.2, 0.25) is 5.02 Å². The number of nitrogens with zero attached hydrogens (tertiary/aromatic N) is 6. The molecule has 208 valence electrons. The number of anilines is 2. The summed E-state index contributed by atoms with van der Waals surface area (Å²) >= 11 is 7.85. The number of alkyl carbamates (subject to hydrolysis) is 1. The average Bonchev–Trinajstić information content (AvgIpc) is 3.51. The lowest BCUT2D eigenvalue weighted by atomic mass is 9.73. The summed E-state index contributed by atoms with van der Waals surface area (Å²) in [4.78, 5) is 35.0. The highest BCUT2D eigenvalue weighted by molar-refractivity contribution is 7.99. The smallest absolute Gasteiger partial charge is 0.408 e. The SMILES string of the molecule is CC(C)(C)OC(=O)N[C@@H]1c2cccnc2CC12CCN(c1ncc(Sc3ccnc(N)c3Cl)c3nccn13)CC2. The zero-order valence-electron chi connectivity index (χ0n) is 22.6. The van der Waals surface area contributed by atoms with Crippen molar-refractivity contribution >= 4 is 46.9 Å². The van der Waals surface area contributed by atoms with Crippen molar-refractivity contribution in [1.29, 1.82) is 0 Å². The number of carbonyl (C=O) groups excluding carboxylic acids is 1. The van der Waals surface area contributed by atoms with E-state index in [2.05, 4.69) is 31.2 Å². The highest BCUT2D eigenvalue weighted by Crippen LogP contribution is 2.52. The fourth-order valence-corrected chi connectivity index (χ4v) is 6.86. The van der Waals surface area contributed by atoms with Crippen LogP contribution in [0, 0.1) is 5.41 Å². The molecule has 1 spiro atoms. The third-order valence-electron chi connectivity index (χ3n) is 7.55. The third kappa shape index (κ3) is 4.92. The molecule has 1 fully saturated rings. The van der Waals surface area contributed by atoms with Gasteiger partial charge in [0.15, 0.2) is 5.65 Å². The van der Waals surface area contributed by atoms with Crippen molar-refractivity contribution in [2.24, 2.45) is 5.41 Å². The molecule has 40 heavy (non-hydrogen) atoms. The largest absolute Gasteiger partial charge is 0.444 e. The van der Waals surface area contributed by atoms with Crippen LogP contribution in [0.15, 0.2) is 59.0 Å². The number of pyridine rings is 2. The number of amides is 1. The topological polar surface area (TPSA) is 124 Å². The number of nitrogens with one attached hydrogen (secondary N) is 1. The van der Waals surface area contributed by atoms with E-state index < -0.39 is 11.7 Å². The van der Waals surface area contributed by atoms with E-state index in [9.17, 15) is 4.79 Å². The van der Waals surface area contributed by atoms with Gasteiger partial charge in [-0.2, -0.15) is 0 Å². The van der Waals surface area contributed by atoms with E-state index >= 15 is 0 Å². The van der Waals surface area contributed by atoms with Gasteiger partial charge in [0, 0.05) is 60.1 Å². The van der Waals surface area contributed by atoms with Crippen molar-refractivity contribution in [3.05, 3.63) is 65.5 Å². The standard InChI is InChI=1S/C28H31ClN8O2S/c1-27(2,3)39-26(38)35-22-17-5-4-9-31-18(17)15-28(22)7-12-36(13-8-28)25-34-16-20(24-33-11-14-37(24)25)40-19-6-10-32-23(30)21(19)29/h4-6,9-11,14,16,22H,7-8,12-13,15H2,1-3H3,(H2,30,32)(H,35,38)/t22-/m1/s1. The number of hydrogen-bond donors (Lipinski definition) is 2. The summed E-state index contributed by atoms with van der Waals surface area (Å²) in [6, 6.07) is 5.67. The average molecular weight is 579 g/mol. The summed E-state index contributed by atoms with van der Waals surface area (Å²) in [5.74, 6) is 1.12. The zero-order chi connectivity index (χ0) is 28.1. The fraction of sp³-hybridized carbons (Fsp3) is 0.393.